The Bertz CT molecular complexity index is 2900. The van der Waals surface area contributed by atoms with Gasteiger partial charge in [-0.15, -0.1) is 11.3 Å². The van der Waals surface area contributed by atoms with Crippen molar-refractivity contribution < 1.29 is 0 Å². The quantitative estimate of drug-likeness (QED) is 0.187. The van der Waals surface area contributed by atoms with Gasteiger partial charge >= 0.3 is 0 Å². The molecule has 0 aliphatic heterocycles. The highest BCUT2D eigenvalue weighted by Gasteiger charge is 2.23. The fraction of sp³-hybridized carbons (Fsp3) is 0. The van der Waals surface area contributed by atoms with Crippen molar-refractivity contribution in [2.45, 2.75) is 0 Å². The van der Waals surface area contributed by atoms with E-state index in [0.29, 0.717) is 5.39 Å². The molecule has 45 heavy (non-hydrogen) atoms. The second-order valence-electron chi connectivity index (χ2n) is 11.5. The molecule has 0 saturated carbocycles. The lowest BCUT2D eigenvalue weighted by molar-refractivity contribution is 1.04. The molecule has 4 aromatic heterocycles. The van der Waals surface area contributed by atoms with Gasteiger partial charge in [-0.05, 0) is 52.6 Å². The van der Waals surface area contributed by atoms with Crippen molar-refractivity contribution in [1.29, 1.82) is 0 Å². The van der Waals surface area contributed by atoms with Gasteiger partial charge in [0, 0.05) is 42.7 Å². The summed E-state index contributed by atoms with van der Waals surface area (Å²) in [4.78, 5) is 19.0. The number of hydrogen-bond acceptors (Lipinski definition) is 3. The predicted molar refractivity (Wildman–Crippen MR) is 190 cm³/mol. The summed E-state index contributed by atoms with van der Waals surface area (Å²) < 4.78 is 6.65. The normalized spacial score (nSPS) is 12.1. The number of nitrogens with zero attached hydrogens (tertiary/aromatic N) is 3. The van der Waals surface area contributed by atoms with Gasteiger partial charge in [0.15, 0.2) is 0 Å². The average molecular weight is 594 g/mol. The first-order valence-corrected chi connectivity index (χ1v) is 15.8. The van der Waals surface area contributed by atoms with E-state index < -0.39 is 0 Å². The molecule has 0 N–H and O–H groups in total. The number of hydrogen-bond donors (Lipinski definition) is 0. The van der Waals surface area contributed by atoms with Gasteiger partial charge in [-0.2, -0.15) is 0 Å². The highest BCUT2D eigenvalue weighted by atomic mass is 32.1. The summed E-state index contributed by atoms with van der Waals surface area (Å²) in [6, 6.07) is 46.0. The van der Waals surface area contributed by atoms with Gasteiger partial charge in [0.1, 0.15) is 5.82 Å². The lowest BCUT2D eigenvalue weighted by Gasteiger charge is -2.15. The number of para-hydroxylation sites is 2. The van der Waals surface area contributed by atoms with E-state index in [2.05, 4.69) is 83.4 Å². The molecule has 0 aliphatic carbocycles. The topological polar surface area (TPSA) is 39.8 Å². The van der Waals surface area contributed by atoms with Crippen molar-refractivity contribution in [3.8, 4) is 11.5 Å². The third kappa shape index (κ3) is 3.30. The van der Waals surface area contributed by atoms with Crippen LogP contribution in [-0.2, 0) is 0 Å². The second-order valence-corrected chi connectivity index (χ2v) is 12.6. The number of thiophene rings is 1. The Morgan fingerprint density at radius 2 is 1.13 bits per heavy atom. The molecular weight excluding hydrogens is 571 g/mol. The molecule has 0 saturated heterocycles. The summed E-state index contributed by atoms with van der Waals surface area (Å²) in [6.07, 6.45) is 1.87. The first-order chi connectivity index (χ1) is 22.3. The smallest absolute Gasteiger partial charge is 0.263 e. The highest BCUT2D eigenvalue weighted by Crippen LogP contribution is 2.47. The Morgan fingerprint density at radius 1 is 0.511 bits per heavy atom. The van der Waals surface area contributed by atoms with Gasteiger partial charge < -0.3 is 0 Å². The van der Waals surface area contributed by atoms with Gasteiger partial charge in [-0.25, -0.2) is 4.98 Å². The Balaban J connectivity index is 1.42. The van der Waals surface area contributed by atoms with Crippen molar-refractivity contribution in [2.75, 3.05) is 0 Å². The minimum atomic E-state index is -0.0471. The van der Waals surface area contributed by atoms with E-state index in [1.54, 1.807) is 4.57 Å². The number of benzene rings is 6. The fourth-order valence-electron chi connectivity index (χ4n) is 7.29. The van der Waals surface area contributed by atoms with E-state index >= 15 is 0 Å². The third-order valence-electron chi connectivity index (χ3n) is 9.15. The van der Waals surface area contributed by atoms with Crippen LogP contribution >= 0.6 is 11.3 Å². The molecule has 210 valence electrons. The van der Waals surface area contributed by atoms with Crippen molar-refractivity contribution >= 4 is 85.8 Å². The molecule has 4 heterocycles. The van der Waals surface area contributed by atoms with Crippen LogP contribution in [0, 0.1) is 0 Å². The molecule has 5 heteroatoms. The van der Waals surface area contributed by atoms with Crippen molar-refractivity contribution in [3.63, 3.8) is 0 Å². The Morgan fingerprint density at radius 3 is 1.93 bits per heavy atom. The monoisotopic (exact) mass is 593 g/mol. The summed E-state index contributed by atoms with van der Waals surface area (Å²) >= 11 is 1.84. The molecule has 0 aliphatic rings. The van der Waals surface area contributed by atoms with Crippen molar-refractivity contribution in [1.82, 2.24) is 14.1 Å². The molecule has 10 rings (SSSR count). The van der Waals surface area contributed by atoms with Crippen LogP contribution in [0.3, 0.4) is 0 Å². The molecule has 0 fully saturated rings. The van der Waals surface area contributed by atoms with E-state index in [4.69, 9.17) is 4.98 Å². The maximum absolute atomic E-state index is 13.9. The summed E-state index contributed by atoms with van der Waals surface area (Å²) in [5.41, 5.74) is 3.83. The van der Waals surface area contributed by atoms with Crippen LogP contribution in [0.1, 0.15) is 0 Å². The second kappa shape index (κ2) is 9.11. The summed E-state index contributed by atoms with van der Waals surface area (Å²) in [5, 5.41) is 10.1. The van der Waals surface area contributed by atoms with Gasteiger partial charge in [0.25, 0.3) is 5.56 Å². The number of rotatable bonds is 2. The van der Waals surface area contributed by atoms with Crippen LogP contribution in [-0.4, -0.2) is 14.1 Å². The molecule has 0 atom stereocenters. The van der Waals surface area contributed by atoms with E-state index in [0.717, 1.165) is 33.3 Å². The maximum atomic E-state index is 13.9. The average Bonchev–Trinajstić information content (AvgIpc) is 3.66. The van der Waals surface area contributed by atoms with Gasteiger partial charge in [0.05, 0.1) is 27.4 Å². The lowest BCUT2D eigenvalue weighted by atomic mass is 9.99. The fourth-order valence-corrected chi connectivity index (χ4v) is 8.54. The first-order valence-electron chi connectivity index (χ1n) is 15.0. The van der Waals surface area contributed by atoms with Crippen molar-refractivity contribution in [3.05, 3.63) is 150 Å². The molecule has 4 nitrogen and oxygen atoms in total. The largest absolute Gasteiger partial charge is 0.292 e. The van der Waals surface area contributed by atoms with E-state index in [-0.39, 0.29) is 5.56 Å². The van der Waals surface area contributed by atoms with Gasteiger partial charge in [-0.3, -0.25) is 13.9 Å². The summed E-state index contributed by atoms with van der Waals surface area (Å²) in [5.74, 6) is 0.825. The van der Waals surface area contributed by atoms with Crippen LogP contribution in [0.25, 0.3) is 85.9 Å². The van der Waals surface area contributed by atoms with Crippen LogP contribution in [0.5, 0.6) is 0 Å². The van der Waals surface area contributed by atoms with Crippen molar-refractivity contribution in [2.24, 2.45) is 0 Å². The minimum absolute atomic E-state index is 0.0471. The number of fused-ring (bicyclic) bond motifs is 13. The zero-order valence-electron chi connectivity index (χ0n) is 23.9. The van der Waals surface area contributed by atoms with Crippen LogP contribution in [0.15, 0.2) is 144 Å². The Labute approximate surface area is 260 Å². The van der Waals surface area contributed by atoms with Gasteiger partial charge in [0.2, 0.25) is 0 Å². The van der Waals surface area contributed by atoms with Crippen LogP contribution < -0.4 is 5.56 Å². The molecule has 0 spiro atoms. The zero-order valence-corrected chi connectivity index (χ0v) is 24.8. The number of pyridine rings is 2. The molecule has 0 unspecified atom stereocenters. The summed E-state index contributed by atoms with van der Waals surface area (Å²) in [7, 11) is 0. The minimum Gasteiger partial charge on any atom is -0.292 e. The maximum Gasteiger partial charge on any atom is 0.263 e. The zero-order chi connectivity index (χ0) is 29.6. The molecule has 0 amide bonds. The summed E-state index contributed by atoms with van der Waals surface area (Å²) in [6.45, 7) is 0. The Hall–Kier alpha value is -5.78. The lowest BCUT2D eigenvalue weighted by Crippen LogP contribution is -2.19. The first kappa shape index (κ1) is 24.6. The molecular formula is C40H23N3OS. The van der Waals surface area contributed by atoms with E-state index in [1.165, 1.54) is 47.2 Å². The standard InChI is InChI=1S/C40H23N3OS/c44-40-28-17-7-4-14-25(28)31-22-35(41-23-33(31)42(40)24-12-2-1-3-13-24)43-32-20-10-8-18-29(32)36-26-15-5-6-16-27(26)37-30-19-9-11-21-34(30)45-39(37)38(36)43/h1-23H. The van der Waals surface area contributed by atoms with Crippen LogP contribution in [0.2, 0.25) is 0 Å². The van der Waals surface area contributed by atoms with E-state index in [1.807, 2.05) is 72.1 Å². The predicted octanol–water partition coefficient (Wildman–Crippen LogP) is 10.2. The van der Waals surface area contributed by atoms with Gasteiger partial charge in [-0.1, -0.05) is 97.1 Å². The molecule has 0 bridgehead atoms. The highest BCUT2D eigenvalue weighted by molar-refractivity contribution is 7.27. The Kier molecular flexibility index (Phi) is 4.99. The molecule has 10 aromatic rings. The van der Waals surface area contributed by atoms with Crippen LogP contribution in [0.4, 0.5) is 0 Å². The van der Waals surface area contributed by atoms with E-state index in [9.17, 15) is 4.79 Å². The third-order valence-corrected chi connectivity index (χ3v) is 10.3. The molecule has 6 aromatic carbocycles. The molecule has 0 radical (unpaired) electrons. The SMILES string of the molecule is O=c1c2ccccc2c2cc(-n3c4ccccc4c4c5ccccc5c5c6ccccc6sc5c43)ncc2n1-c1ccccc1. The number of aromatic nitrogens is 3.